The highest BCUT2D eigenvalue weighted by molar-refractivity contribution is 9.09. The zero-order chi connectivity index (χ0) is 12.4. The Morgan fingerprint density at radius 3 is 2.53 bits per heavy atom. The third-order valence-electron chi connectivity index (χ3n) is 2.68. The van der Waals surface area contributed by atoms with Crippen LogP contribution in [0.5, 0.6) is 0 Å². The normalized spacial score (nSPS) is 19.5. The molecule has 1 atom stereocenters. The van der Waals surface area contributed by atoms with Crippen LogP contribution in [0.15, 0.2) is 24.3 Å². The average molecular weight is 298 g/mol. The average Bonchev–Trinajstić information content (AvgIpc) is 2.68. The van der Waals surface area contributed by atoms with Gasteiger partial charge in [-0.15, -0.1) is 0 Å². The second kappa shape index (κ2) is 4.87. The lowest BCUT2D eigenvalue weighted by Gasteiger charge is -2.15. The van der Waals surface area contributed by atoms with Crippen molar-refractivity contribution >= 4 is 33.5 Å². The molecule has 0 aromatic heterocycles. The maximum Gasteiger partial charge on any atom is 0.337 e. The summed E-state index contributed by atoms with van der Waals surface area (Å²) >= 11 is 3.43. The molecule has 1 fully saturated rings. The van der Waals surface area contributed by atoms with Crippen molar-refractivity contribution in [2.45, 2.75) is 11.2 Å². The lowest BCUT2D eigenvalue weighted by atomic mass is 10.2. The van der Waals surface area contributed by atoms with E-state index in [-0.39, 0.29) is 16.7 Å². The number of ether oxygens (including phenoxy) is 1. The van der Waals surface area contributed by atoms with Gasteiger partial charge in [0.2, 0.25) is 5.91 Å². The highest BCUT2D eigenvalue weighted by atomic mass is 79.9. The van der Waals surface area contributed by atoms with Crippen LogP contribution in [0.2, 0.25) is 0 Å². The van der Waals surface area contributed by atoms with E-state index in [0.717, 1.165) is 5.69 Å². The van der Waals surface area contributed by atoms with E-state index in [4.69, 9.17) is 0 Å². The number of benzene rings is 1. The summed E-state index contributed by atoms with van der Waals surface area (Å²) in [7, 11) is 1.34. The summed E-state index contributed by atoms with van der Waals surface area (Å²) in [5, 5.41) is 0. The van der Waals surface area contributed by atoms with Crippen LogP contribution in [0, 0.1) is 0 Å². The first-order chi connectivity index (χ1) is 8.11. The number of carbonyl (C=O) groups is 2. The molecular weight excluding hydrogens is 286 g/mol. The largest absolute Gasteiger partial charge is 0.465 e. The Balaban J connectivity index is 2.18. The molecular formula is C12H12BrNO3. The van der Waals surface area contributed by atoms with E-state index >= 15 is 0 Å². The van der Waals surface area contributed by atoms with Crippen molar-refractivity contribution in [3.8, 4) is 0 Å². The molecule has 0 bridgehead atoms. The molecule has 1 aromatic rings. The molecule has 0 aliphatic carbocycles. The molecule has 1 aromatic carbocycles. The maximum atomic E-state index is 11.7. The molecule has 0 N–H and O–H groups in total. The smallest absolute Gasteiger partial charge is 0.337 e. The molecule has 2 rings (SSSR count). The summed E-state index contributed by atoms with van der Waals surface area (Å²) in [5.74, 6) is -0.277. The highest BCUT2D eigenvalue weighted by Gasteiger charge is 2.28. The maximum absolute atomic E-state index is 11.7. The third-order valence-corrected chi connectivity index (χ3v) is 3.29. The van der Waals surface area contributed by atoms with E-state index in [2.05, 4.69) is 20.7 Å². The van der Waals surface area contributed by atoms with E-state index < -0.39 is 0 Å². The Hall–Kier alpha value is -1.36. The fraction of sp³-hybridized carbons (Fsp3) is 0.333. The minimum absolute atomic E-state index is 0.0951. The van der Waals surface area contributed by atoms with Crippen molar-refractivity contribution in [2.75, 3.05) is 18.6 Å². The Morgan fingerprint density at radius 2 is 2.06 bits per heavy atom. The fourth-order valence-corrected chi connectivity index (χ4v) is 2.38. The summed E-state index contributed by atoms with van der Waals surface area (Å²) in [6, 6.07) is 6.84. The van der Waals surface area contributed by atoms with Crippen LogP contribution in [-0.4, -0.2) is 30.4 Å². The molecule has 17 heavy (non-hydrogen) atoms. The minimum atomic E-state index is -0.373. The molecule has 1 amide bonds. The minimum Gasteiger partial charge on any atom is -0.465 e. The van der Waals surface area contributed by atoms with E-state index in [0.29, 0.717) is 18.5 Å². The number of halogens is 1. The summed E-state index contributed by atoms with van der Waals surface area (Å²) < 4.78 is 4.61. The number of nitrogens with zero attached hydrogens (tertiary/aromatic N) is 1. The highest BCUT2D eigenvalue weighted by Crippen LogP contribution is 2.25. The van der Waals surface area contributed by atoms with Crippen molar-refractivity contribution in [2.24, 2.45) is 0 Å². The number of methoxy groups -OCH3 is 1. The third kappa shape index (κ3) is 2.49. The number of amides is 1. The summed E-state index contributed by atoms with van der Waals surface area (Å²) in [5.41, 5.74) is 1.29. The molecule has 0 radical (unpaired) electrons. The van der Waals surface area contributed by atoms with Crippen molar-refractivity contribution < 1.29 is 14.3 Å². The number of rotatable bonds is 2. The summed E-state index contributed by atoms with van der Waals surface area (Å²) in [4.78, 5) is 24.8. The first-order valence-electron chi connectivity index (χ1n) is 5.24. The predicted molar refractivity (Wildman–Crippen MR) is 67.5 cm³/mol. The van der Waals surface area contributed by atoms with Gasteiger partial charge in [0.1, 0.15) is 0 Å². The number of anilines is 1. The quantitative estimate of drug-likeness (QED) is 0.619. The van der Waals surface area contributed by atoms with E-state index in [9.17, 15) is 9.59 Å². The van der Waals surface area contributed by atoms with Gasteiger partial charge in [-0.05, 0) is 24.3 Å². The second-order valence-electron chi connectivity index (χ2n) is 3.84. The number of hydrogen-bond donors (Lipinski definition) is 0. The first-order valence-corrected chi connectivity index (χ1v) is 6.16. The fourth-order valence-electron chi connectivity index (χ4n) is 1.81. The summed E-state index contributed by atoms with van der Waals surface area (Å²) in [6.07, 6.45) is 0.513. The van der Waals surface area contributed by atoms with Gasteiger partial charge in [0.25, 0.3) is 0 Å². The zero-order valence-corrected chi connectivity index (χ0v) is 10.9. The van der Waals surface area contributed by atoms with Crippen LogP contribution in [-0.2, 0) is 9.53 Å². The first kappa shape index (κ1) is 12.1. The van der Waals surface area contributed by atoms with E-state index in [1.54, 1.807) is 29.2 Å². The van der Waals surface area contributed by atoms with Crippen molar-refractivity contribution in [1.29, 1.82) is 0 Å². The Labute approximate surface area is 108 Å². The number of carbonyl (C=O) groups excluding carboxylic acids is 2. The van der Waals surface area contributed by atoms with Crippen molar-refractivity contribution in [3.05, 3.63) is 29.8 Å². The van der Waals surface area contributed by atoms with E-state index in [1.165, 1.54) is 7.11 Å². The number of alkyl halides is 1. The Bertz CT molecular complexity index is 444. The van der Waals surface area contributed by atoms with Gasteiger partial charge >= 0.3 is 5.97 Å². The van der Waals surface area contributed by atoms with Gasteiger partial charge in [0, 0.05) is 23.5 Å². The molecule has 4 nitrogen and oxygen atoms in total. The van der Waals surface area contributed by atoms with Crippen LogP contribution in [0.1, 0.15) is 16.8 Å². The van der Waals surface area contributed by atoms with E-state index in [1.807, 2.05) is 0 Å². The van der Waals surface area contributed by atoms with Crippen LogP contribution >= 0.6 is 15.9 Å². The predicted octanol–water partition coefficient (Wildman–Crippen LogP) is 1.97. The van der Waals surface area contributed by atoms with Crippen LogP contribution in [0.3, 0.4) is 0 Å². The molecule has 5 heteroatoms. The number of esters is 1. The van der Waals surface area contributed by atoms with Gasteiger partial charge in [-0.3, -0.25) is 4.79 Å². The van der Waals surface area contributed by atoms with Gasteiger partial charge in [-0.25, -0.2) is 4.79 Å². The molecule has 1 aliphatic heterocycles. The Morgan fingerprint density at radius 1 is 1.41 bits per heavy atom. The van der Waals surface area contributed by atoms with Crippen LogP contribution in [0.4, 0.5) is 5.69 Å². The van der Waals surface area contributed by atoms with Crippen molar-refractivity contribution in [3.63, 3.8) is 0 Å². The molecule has 1 saturated heterocycles. The van der Waals surface area contributed by atoms with Gasteiger partial charge in [-0.1, -0.05) is 15.9 Å². The zero-order valence-electron chi connectivity index (χ0n) is 9.35. The Kier molecular flexibility index (Phi) is 3.47. The standard InChI is InChI=1S/C12H12BrNO3/c1-17-12(16)8-2-4-10(5-3-8)14-7-9(13)6-11(14)15/h2-5,9H,6-7H2,1H3. The monoisotopic (exact) mass is 297 g/mol. The van der Waals surface area contributed by atoms with Crippen molar-refractivity contribution in [1.82, 2.24) is 0 Å². The van der Waals surface area contributed by atoms with Gasteiger partial charge < -0.3 is 9.64 Å². The number of hydrogen-bond acceptors (Lipinski definition) is 3. The molecule has 1 heterocycles. The summed E-state index contributed by atoms with van der Waals surface area (Å²) in [6.45, 7) is 0.663. The molecule has 0 saturated carbocycles. The van der Waals surface area contributed by atoms with Gasteiger partial charge in [0.05, 0.1) is 12.7 Å². The SMILES string of the molecule is COC(=O)c1ccc(N2CC(Br)CC2=O)cc1. The van der Waals surface area contributed by atoms with Gasteiger partial charge in [0.15, 0.2) is 0 Å². The molecule has 0 spiro atoms. The lowest BCUT2D eigenvalue weighted by molar-refractivity contribution is -0.117. The molecule has 1 aliphatic rings. The molecule has 1 unspecified atom stereocenters. The van der Waals surface area contributed by atoms with Crippen LogP contribution < -0.4 is 4.90 Å². The van der Waals surface area contributed by atoms with Gasteiger partial charge in [-0.2, -0.15) is 0 Å². The van der Waals surface area contributed by atoms with Crippen LogP contribution in [0.25, 0.3) is 0 Å². The molecule has 90 valence electrons. The topological polar surface area (TPSA) is 46.6 Å². The second-order valence-corrected chi connectivity index (χ2v) is 5.14. The lowest BCUT2D eigenvalue weighted by Crippen LogP contribution is -2.24.